The third-order valence-corrected chi connectivity index (χ3v) is 7.15. The van der Waals surface area contributed by atoms with E-state index in [2.05, 4.69) is 6.07 Å². The number of ether oxygens (including phenoxy) is 4. The number of rotatable bonds is 6. The second-order valence-corrected chi connectivity index (χ2v) is 8.58. The number of carbonyl (C=O) groups excluding carboxylic acids is 1. The molecule has 1 amide bonds. The van der Waals surface area contributed by atoms with Crippen LogP contribution in [0.3, 0.4) is 0 Å². The molecule has 0 spiro atoms. The Kier molecular flexibility index (Phi) is 6.15. The molecule has 0 saturated carbocycles. The Labute approximate surface area is 196 Å². The quantitative estimate of drug-likeness (QED) is 0.689. The second kappa shape index (κ2) is 8.89. The molecule has 2 aliphatic rings. The van der Waals surface area contributed by atoms with Crippen LogP contribution >= 0.6 is 11.8 Å². The minimum absolute atomic E-state index is 0.0118. The average molecular weight is 469 g/mol. The van der Waals surface area contributed by atoms with Crippen molar-refractivity contribution in [3.8, 4) is 29.1 Å². The van der Waals surface area contributed by atoms with Crippen molar-refractivity contribution in [2.45, 2.75) is 18.1 Å². The summed E-state index contributed by atoms with van der Waals surface area (Å²) in [5, 5.41) is 22.1. The van der Waals surface area contributed by atoms with E-state index >= 15 is 0 Å². The summed E-state index contributed by atoms with van der Waals surface area (Å²) in [5.74, 6) is 1.30. The molecule has 2 aromatic carbocycles. The highest BCUT2D eigenvalue weighted by atomic mass is 32.2. The summed E-state index contributed by atoms with van der Waals surface area (Å²) in [4.78, 5) is 14.7. The van der Waals surface area contributed by atoms with Crippen LogP contribution in [0.5, 0.6) is 23.0 Å². The van der Waals surface area contributed by atoms with Gasteiger partial charge in [-0.15, -0.1) is 11.8 Å². The van der Waals surface area contributed by atoms with Crippen molar-refractivity contribution in [3.63, 3.8) is 0 Å². The first-order chi connectivity index (χ1) is 15.9. The van der Waals surface area contributed by atoms with Crippen molar-refractivity contribution >= 4 is 17.7 Å². The molecule has 33 heavy (non-hydrogen) atoms. The van der Waals surface area contributed by atoms with Gasteiger partial charge in [0, 0.05) is 17.9 Å². The van der Waals surface area contributed by atoms with Crippen LogP contribution in [0.4, 0.5) is 0 Å². The maximum atomic E-state index is 13.4. The van der Waals surface area contributed by atoms with E-state index in [0.717, 1.165) is 0 Å². The number of hydrogen-bond donors (Lipinski definition) is 1. The molecule has 8 nitrogen and oxygen atoms in total. The predicted molar refractivity (Wildman–Crippen MR) is 122 cm³/mol. The van der Waals surface area contributed by atoms with E-state index in [1.165, 1.54) is 38.0 Å². The highest BCUT2D eigenvalue weighted by molar-refractivity contribution is 8.03. The topological polar surface area (TPSA) is 101 Å². The molecule has 2 heterocycles. The molecule has 9 heteroatoms. The highest BCUT2D eigenvalue weighted by Gasteiger charge is 2.52. The fourth-order valence-electron chi connectivity index (χ4n) is 4.30. The van der Waals surface area contributed by atoms with E-state index < -0.39 is 11.6 Å². The molecular weight excluding hydrogens is 444 g/mol. The first kappa shape index (κ1) is 22.8. The summed E-state index contributed by atoms with van der Waals surface area (Å²) in [7, 11) is 6.08. The number of benzene rings is 2. The number of hydrogen-bond acceptors (Lipinski definition) is 8. The standard InChI is InChI=1S/C24H24N2O6S/c1-29-16-7-5-6-15(10-16)24(28)13-33-23-18(12-25)17(11-21(27)26(23)24)14-8-19(30-2)22(32-4)20(9-14)31-3/h5-10,17,28H,11,13H2,1-4H3/t17-,24-/m0/s1. The zero-order chi connectivity index (χ0) is 23.8. The van der Waals surface area contributed by atoms with E-state index in [-0.39, 0.29) is 18.1 Å². The zero-order valence-electron chi connectivity index (χ0n) is 18.7. The van der Waals surface area contributed by atoms with Gasteiger partial charge in [0.15, 0.2) is 17.2 Å². The number of fused-ring (bicyclic) bond motifs is 1. The van der Waals surface area contributed by atoms with Crippen molar-refractivity contribution < 1.29 is 28.8 Å². The van der Waals surface area contributed by atoms with Crippen molar-refractivity contribution in [1.29, 1.82) is 5.26 Å². The minimum atomic E-state index is -1.58. The van der Waals surface area contributed by atoms with Gasteiger partial charge in [0.1, 0.15) is 5.75 Å². The van der Waals surface area contributed by atoms with E-state index in [1.54, 1.807) is 43.5 Å². The normalized spacial score (nSPS) is 22.0. The number of nitrogens with zero attached hydrogens (tertiary/aromatic N) is 2. The average Bonchev–Trinajstić information content (AvgIpc) is 3.22. The molecule has 1 saturated heterocycles. The third-order valence-electron chi connectivity index (χ3n) is 5.93. The van der Waals surface area contributed by atoms with Gasteiger partial charge in [-0.25, -0.2) is 0 Å². The maximum absolute atomic E-state index is 13.4. The molecule has 0 radical (unpaired) electrons. The van der Waals surface area contributed by atoms with Gasteiger partial charge >= 0.3 is 0 Å². The SMILES string of the molecule is COc1cccc([C@@]2(O)CSC3=C(C#N)[C@H](c4cc(OC)c(OC)c(OC)c4)CC(=O)N32)c1. The summed E-state index contributed by atoms with van der Waals surface area (Å²) in [6, 6.07) is 12.8. The molecule has 2 aliphatic heterocycles. The Hall–Kier alpha value is -3.35. The lowest BCUT2D eigenvalue weighted by atomic mass is 9.85. The van der Waals surface area contributed by atoms with Crippen LogP contribution in [0.25, 0.3) is 0 Å². The summed E-state index contributed by atoms with van der Waals surface area (Å²) in [6.45, 7) is 0. The Bertz CT molecular complexity index is 1150. The second-order valence-electron chi connectivity index (χ2n) is 7.61. The number of thioether (sulfide) groups is 1. The molecule has 0 unspecified atom stereocenters. The summed E-state index contributed by atoms with van der Waals surface area (Å²) in [5.41, 5.74) is 0.0569. The maximum Gasteiger partial charge on any atom is 0.231 e. The summed E-state index contributed by atoms with van der Waals surface area (Å²) >= 11 is 1.29. The Morgan fingerprint density at radius 3 is 2.36 bits per heavy atom. The molecular formula is C24H24N2O6S. The van der Waals surface area contributed by atoms with Gasteiger partial charge in [0.2, 0.25) is 11.7 Å². The smallest absolute Gasteiger partial charge is 0.231 e. The van der Waals surface area contributed by atoms with Gasteiger partial charge in [-0.05, 0) is 29.8 Å². The van der Waals surface area contributed by atoms with Gasteiger partial charge in [0.05, 0.1) is 50.9 Å². The molecule has 1 fully saturated rings. The molecule has 2 atom stereocenters. The minimum Gasteiger partial charge on any atom is -0.497 e. The van der Waals surface area contributed by atoms with Gasteiger partial charge in [-0.2, -0.15) is 5.26 Å². The Morgan fingerprint density at radius 1 is 1.09 bits per heavy atom. The lowest BCUT2D eigenvalue weighted by Gasteiger charge is -2.38. The summed E-state index contributed by atoms with van der Waals surface area (Å²) in [6.07, 6.45) is 0.0118. The fraction of sp³-hybridized carbons (Fsp3) is 0.333. The van der Waals surface area contributed by atoms with Crippen LogP contribution < -0.4 is 18.9 Å². The number of amides is 1. The van der Waals surface area contributed by atoms with Crippen LogP contribution in [-0.2, 0) is 10.5 Å². The van der Waals surface area contributed by atoms with Crippen molar-refractivity contribution in [3.05, 3.63) is 58.1 Å². The number of methoxy groups -OCH3 is 4. The molecule has 172 valence electrons. The first-order valence-electron chi connectivity index (χ1n) is 10.2. The fourth-order valence-corrected chi connectivity index (χ4v) is 5.66. The van der Waals surface area contributed by atoms with Crippen molar-refractivity contribution in [2.24, 2.45) is 0 Å². The lowest BCUT2D eigenvalue weighted by Crippen LogP contribution is -2.48. The molecule has 1 N–H and O–H groups in total. The highest BCUT2D eigenvalue weighted by Crippen LogP contribution is 2.53. The summed E-state index contributed by atoms with van der Waals surface area (Å²) < 4.78 is 21.6. The molecule has 0 aromatic heterocycles. The van der Waals surface area contributed by atoms with Crippen molar-refractivity contribution in [1.82, 2.24) is 4.90 Å². The van der Waals surface area contributed by atoms with Crippen LogP contribution in [0, 0.1) is 11.3 Å². The van der Waals surface area contributed by atoms with Gasteiger partial charge in [-0.1, -0.05) is 12.1 Å². The van der Waals surface area contributed by atoms with Crippen LogP contribution in [0.15, 0.2) is 47.0 Å². The number of aliphatic hydroxyl groups is 1. The third kappa shape index (κ3) is 3.65. The van der Waals surface area contributed by atoms with Crippen LogP contribution in [-0.4, -0.2) is 50.1 Å². The largest absolute Gasteiger partial charge is 0.497 e. The van der Waals surface area contributed by atoms with E-state index in [9.17, 15) is 15.2 Å². The van der Waals surface area contributed by atoms with Crippen LogP contribution in [0.1, 0.15) is 23.5 Å². The van der Waals surface area contributed by atoms with Gasteiger partial charge in [0.25, 0.3) is 0 Å². The van der Waals surface area contributed by atoms with Crippen LogP contribution in [0.2, 0.25) is 0 Å². The monoisotopic (exact) mass is 468 g/mol. The predicted octanol–water partition coefficient (Wildman–Crippen LogP) is 3.36. The molecule has 0 bridgehead atoms. The van der Waals surface area contributed by atoms with E-state index in [0.29, 0.717) is 44.7 Å². The van der Waals surface area contributed by atoms with Gasteiger partial charge < -0.3 is 24.1 Å². The first-order valence-corrected chi connectivity index (χ1v) is 11.2. The van der Waals surface area contributed by atoms with E-state index in [1.807, 2.05) is 0 Å². The molecule has 0 aliphatic carbocycles. The van der Waals surface area contributed by atoms with Gasteiger partial charge in [-0.3, -0.25) is 9.69 Å². The molecule has 2 aromatic rings. The number of allylic oxidation sites excluding steroid dienone is 1. The van der Waals surface area contributed by atoms with Crippen molar-refractivity contribution in [2.75, 3.05) is 34.2 Å². The zero-order valence-corrected chi connectivity index (χ0v) is 19.6. The Morgan fingerprint density at radius 2 is 1.79 bits per heavy atom. The molecule has 4 rings (SSSR count). The number of nitriles is 1. The van der Waals surface area contributed by atoms with E-state index in [4.69, 9.17) is 18.9 Å². The lowest BCUT2D eigenvalue weighted by molar-refractivity contribution is -0.149. The Balaban J connectivity index is 1.82. The number of carbonyl (C=O) groups is 1.